The highest BCUT2D eigenvalue weighted by Gasteiger charge is 2.24. The normalized spacial score (nSPS) is 12.3. The summed E-state index contributed by atoms with van der Waals surface area (Å²) >= 11 is 0. The molecule has 7 nitrogen and oxygen atoms in total. The number of hydrogen-bond donors (Lipinski definition) is 2. The molecule has 0 aliphatic carbocycles. The molecule has 146 valence electrons. The molecule has 27 heavy (non-hydrogen) atoms. The van der Waals surface area contributed by atoms with Crippen LogP contribution in [0.15, 0.2) is 41.3 Å². The Morgan fingerprint density at radius 2 is 1.70 bits per heavy atom. The smallest absolute Gasteiger partial charge is 0.242 e. The molecule has 0 unspecified atom stereocenters. The summed E-state index contributed by atoms with van der Waals surface area (Å²) in [5.74, 6) is -1.92. The van der Waals surface area contributed by atoms with Crippen LogP contribution in [0.1, 0.15) is 6.92 Å². The van der Waals surface area contributed by atoms with Gasteiger partial charge < -0.3 is 14.8 Å². The average molecular weight is 400 g/mol. The van der Waals surface area contributed by atoms with Crippen molar-refractivity contribution in [2.24, 2.45) is 0 Å². The second-order valence-electron chi connectivity index (χ2n) is 5.47. The van der Waals surface area contributed by atoms with Gasteiger partial charge in [-0.1, -0.05) is 0 Å². The molecule has 0 spiro atoms. The van der Waals surface area contributed by atoms with Crippen molar-refractivity contribution in [3.05, 3.63) is 48.0 Å². The van der Waals surface area contributed by atoms with Gasteiger partial charge in [0.1, 0.15) is 11.6 Å². The summed E-state index contributed by atoms with van der Waals surface area (Å²) in [7, 11) is -1.33. The lowest BCUT2D eigenvalue weighted by molar-refractivity contribution is -0.117. The number of halogens is 2. The van der Waals surface area contributed by atoms with Gasteiger partial charge in [0.25, 0.3) is 0 Å². The zero-order valence-electron chi connectivity index (χ0n) is 14.7. The number of carbonyl (C=O) groups excluding carboxylic acids is 1. The third-order valence-corrected chi connectivity index (χ3v) is 5.12. The van der Waals surface area contributed by atoms with Gasteiger partial charge >= 0.3 is 0 Å². The van der Waals surface area contributed by atoms with Crippen LogP contribution >= 0.6 is 0 Å². The number of carbonyl (C=O) groups is 1. The number of hydrogen-bond acceptors (Lipinski definition) is 5. The van der Waals surface area contributed by atoms with Gasteiger partial charge in [-0.05, 0) is 31.2 Å². The van der Waals surface area contributed by atoms with Gasteiger partial charge in [0.05, 0.1) is 30.8 Å². The Bertz CT molecular complexity index is 950. The predicted octanol–water partition coefficient (Wildman–Crippen LogP) is 2.29. The van der Waals surface area contributed by atoms with Crippen LogP contribution in [0.4, 0.5) is 14.5 Å². The number of ether oxygens (including phenoxy) is 2. The van der Waals surface area contributed by atoms with Gasteiger partial charge in [0.15, 0.2) is 11.5 Å². The van der Waals surface area contributed by atoms with Crippen LogP contribution in [-0.4, -0.2) is 34.6 Å². The van der Waals surface area contributed by atoms with Crippen molar-refractivity contribution in [3.8, 4) is 11.5 Å². The van der Waals surface area contributed by atoms with Crippen LogP contribution in [0.25, 0.3) is 0 Å². The number of rotatable bonds is 7. The molecule has 0 fully saturated rings. The first-order chi connectivity index (χ1) is 12.7. The summed E-state index contributed by atoms with van der Waals surface area (Å²) in [5.41, 5.74) is -0.392. The van der Waals surface area contributed by atoms with E-state index in [1.165, 1.54) is 39.3 Å². The fourth-order valence-electron chi connectivity index (χ4n) is 2.17. The zero-order valence-corrected chi connectivity index (χ0v) is 15.6. The van der Waals surface area contributed by atoms with Crippen molar-refractivity contribution in [2.45, 2.75) is 17.9 Å². The topological polar surface area (TPSA) is 93.7 Å². The quantitative estimate of drug-likeness (QED) is 0.744. The van der Waals surface area contributed by atoms with E-state index in [1.54, 1.807) is 0 Å². The molecule has 1 atom stereocenters. The van der Waals surface area contributed by atoms with Crippen LogP contribution in [0.5, 0.6) is 11.5 Å². The van der Waals surface area contributed by atoms with Crippen LogP contribution < -0.4 is 19.5 Å². The summed E-state index contributed by atoms with van der Waals surface area (Å²) < 4.78 is 64.0. The van der Waals surface area contributed by atoms with E-state index in [1.807, 2.05) is 0 Å². The van der Waals surface area contributed by atoms with Crippen LogP contribution in [0.3, 0.4) is 0 Å². The molecule has 0 heterocycles. The molecule has 0 aliphatic heterocycles. The van der Waals surface area contributed by atoms with E-state index >= 15 is 0 Å². The molecule has 2 N–H and O–H groups in total. The van der Waals surface area contributed by atoms with Crippen molar-refractivity contribution in [1.82, 2.24) is 4.72 Å². The molecule has 2 aromatic carbocycles. The highest BCUT2D eigenvalue weighted by molar-refractivity contribution is 7.89. The third-order valence-electron chi connectivity index (χ3n) is 3.58. The Hall–Kier alpha value is -2.72. The largest absolute Gasteiger partial charge is 0.493 e. The minimum absolute atomic E-state index is 0.156. The highest BCUT2D eigenvalue weighted by Crippen LogP contribution is 2.29. The molecule has 0 saturated carbocycles. The minimum Gasteiger partial charge on any atom is -0.493 e. The minimum atomic E-state index is -4.09. The standard InChI is InChI=1S/C17H18F2N2O5S/c1-10(17(22)20-14-8-11(18)4-6-13(14)19)21-27(23,24)12-5-7-15(25-2)16(9-12)26-3/h4-10,21H,1-3H3,(H,20,22)/t10-/m1/s1. The molecule has 1 amide bonds. The first-order valence-electron chi connectivity index (χ1n) is 7.68. The predicted molar refractivity (Wildman–Crippen MR) is 94.3 cm³/mol. The number of anilines is 1. The van der Waals surface area contributed by atoms with Crippen LogP contribution in [0.2, 0.25) is 0 Å². The Morgan fingerprint density at radius 1 is 1.04 bits per heavy atom. The summed E-state index contributed by atoms with van der Waals surface area (Å²) in [4.78, 5) is 12.0. The molecule has 0 bridgehead atoms. The monoisotopic (exact) mass is 400 g/mol. The maximum atomic E-state index is 13.6. The molecule has 2 rings (SSSR count). The number of nitrogens with one attached hydrogen (secondary N) is 2. The van der Waals surface area contributed by atoms with Gasteiger partial charge in [-0.25, -0.2) is 17.2 Å². The molecule has 0 saturated heterocycles. The van der Waals surface area contributed by atoms with Gasteiger partial charge in [0.2, 0.25) is 15.9 Å². The maximum absolute atomic E-state index is 13.6. The van der Waals surface area contributed by atoms with Crippen molar-refractivity contribution in [2.75, 3.05) is 19.5 Å². The molecule has 2 aromatic rings. The lowest BCUT2D eigenvalue weighted by atomic mass is 10.2. The van der Waals surface area contributed by atoms with Gasteiger partial charge in [0, 0.05) is 12.1 Å². The Morgan fingerprint density at radius 3 is 2.33 bits per heavy atom. The van der Waals surface area contributed by atoms with Crippen molar-refractivity contribution in [1.29, 1.82) is 0 Å². The van der Waals surface area contributed by atoms with Gasteiger partial charge in [-0.15, -0.1) is 0 Å². The molecule has 0 radical (unpaired) electrons. The molecule has 0 aliphatic rings. The maximum Gasteiger partial charge on any atom is 0.242 e. The average Bonchev–Trinajstić information content (AvgIpc) is 2.63. The summed E-state index contributed by atoms with van der Waals surface area (Å²) in [5, 5.41) is 2.14. The lowest BCUT2D eigenvalue weighted by Crippen LogP contribution is -2.41. The van der Waals surface area contributed by atoms with Crippen molar-refractivity contribution < 1.29 is 31.5 Å². The van der Waals surface area contributed by atoms with E-state index in [0.717, 1.165) is 18.2 Å². The number of methoxy groups -OCH3 is 2. The fraction of sp³-hybridized carbons (Fsp3) is 0.235. The van der Waals surface area contributed by atoms with E-state index < -0.39 is 39.3 Å². The number of sulfonamides is 1. The molecule has 10 heteroatoms. The summed E-state index contributed by atoms with van der Waals surface area (Å²) in [6.07, 6.45) is 0. The zero-order chi connectivity index (χ0) is 20.2. The summed E-state index contributed by atoms with van der Waals surface area (Å²) in [6.45, 7) is 1.27. The summed E-state index contributed by atoms with van der Waals surface area (Å²) in [6, 6.07) is 5.20. The van der Waals surface area contributed by atoms with E-state index in [0.29, 0.717) is 5.75 Å². The van der Waals surface area contributed by atoms with Crippen LogP contribution in [0, 0.1) is 11.6 Å². The molecular formula is C17H18F2N2O5S. The van der Waals surface area contributed by atoms with E-state index in [4.69, 9.17) is 9.47 Å². The molecule has 0 aromatic heterocycles. The second-order valence-corrected chi connectivity index (χ2v) is 7.19. The van der Waals surface area contributed by atoms with Gasteiger partial charge in [-0.2, -0.15) is 4.72 Å². The SMILES string of the molecule is COc1ccc(S(=O)(=O)N[C@H](C)C(=O)Nc2cc(F)ccc2F)cc1OC. The number of amides is 1. The first-order valence-corrected chi connectivity index (χ1v) is 9.16. The third kappa shape index (κ3) is 4.92. The Labute approximate surface area is 155 Å². The van der Waals surface area contributed by atoms with Crippen molar-refractivity contribution in [3.63, 3.8) is 0 Å². The molecular weight excluding hydrogens is 382 g/mol. The second kappa shape index (κ2) is 8.31. The highest BCUT2D eigenvalue weighted by atomic mass is 32.2. The van der Waals surface area contributed by atoms with Crippen molar-refractivity contribution >= 4 is 21.6 Å². The Balaban J connectivity index is 2.17. The Kier molecular flexibility index (Phi) is 6.34. The van der Waals surface area contributed by atoms with E-state index in [2.05, 4.69) is 10.0 Å². The first kappa shape index (κ1) is 20.6. The van der Waals surface area contributed by atoms with E-state index in [-0.39, 0.29) is 10.6 Å². The number of benzene rings is 2. The van der Waals surface area contributed by atoms with Gasteiger partial charge in [-0.3, -0.25) is 4.79 Å². The fourth-order valence-corrected chi connectivity index (χ4v) is 3.39. The van der Waals surface area contributed by atoms with Crippen LogP contribution in [-0.2, 0) is 14.8 Å². The van der Waals surface area contributed by atoms with E-state index in [9.17, 15) is 22.0 Å². The lowest BCUT2D eigenvalue weighted by Gasteiger charge is -2.16.